The Morgan fingerprint density at radius 2 is 2.20 bits per heavy atom. The molecule has 0 saturated heterocycles. The Balaban J connectivity index is 2.14. The van der Waals surface area contributed by atoms with Crippen molar-refractivity contribution in [2.75, 3.05) is 6.61 Å². The molecular weight excluding hydrogens is 277 g/mol. The summed E-state index contributed by atoms with van der Waals surface area (Å²) in [6.45, 7) is -0.185. The van der Waals surface area contributed by atoms with Gasteiger partial charge in [-0.2, -0.15) is 0 Å². The van der Waals surface area contributed by atoms with Gasteiger partial charge in [0.05, 0.1) is 23.0 Å². The van der Waals surface area contributed by atoms with Crippen LogP contribution in [0.25, 0.3) is 21.5 Å². The van der Waals surface area contributed by atoms with Crippen LogP contribution in [0.3, 0.4) is 0 Å². The quantitative estimate of drug-likeness (QED) is 0.777. The lowest BCUT2D eigenvalue weighted by Crippen LogP contribution is -2.16. The summed E-state index contributed by atoms with van der Waals surface area (Å²) < 4.78 is 14.3. The van der Waals surface area contributed by atoms with Crippen LogP contribution < -0.4 is 5.73 Å². The average molecular weight is 289 g/mol. The van der Waals surface area contributed by atoms with Gasteiger partial charge in [0.1, 0.15) is 5.82 Å². The lowest BCUT2D eigenvalue weighted by atomic mass is 10.1. The lowest BCUT2D eigenvalue weighted by Gasteiger charge is -2.08. The Hall–Kier alpha value is -1.89. The first-order valence-electron chi connectivity index (χ1n) is 6.06. The van der Waals surface area contributed by atoms with E-state index < -0.39 is 6.04 Å². The summed E-state index contributed by atoms with van der Waals surface area (Å²) in [6, 6.07) is 6.06. The fourth-order valence-corrected chi connectivity index (χ4v) is 2.95. The molecule has 0 amide bonds. The topological polar surface area (TPSA) is 72.0 Å². The standard InChI is InChI=1S/C14H12FN3OS/c15-10-3-1-2-8-9(7-20-13(8)10)14-17-5-4-12(18-14)11(16)6-19/h1-5,7,11,19H,6,16H2. The zero-order chi connectivity index (χ0) is 14.1. The molecule has 0 fully saturated rings. The van der Waals surface area contributed by atoms with Crippen LogP contribution in [0.5, 0.6) is 0 Å². The molecule has 0 radical (unpaired) electrons. The fourth-order valence-electron chi connectivity index (χ4n) is 2.00. The van der Waals surface area contributed by atoms with Crippen molar-refractivity contribution in [3.05, 3.63) is 47.4 Å². The first-order valence-corrected chi connectivity index (χ1v) is 6.94. The molecule has 1 atom stereocenters. The molecule has 1 unspecified atom stereocenters. The predicted octanol–water partition coefficient (Wildman–Crippen LogP) is 2.49. The third-order valence-electron chi connectivity index (χ3n) is 3.05. The van der Waals surface area contributed by atoms with Gasteiger partial charge >= 0.3 is 0 Å². The van der Waals surface area contributed by atoms with E-state index in [1.807, 2.05) is 11.4 Å². The number of halogens is 1. The van der Waals surface area contributed by atoms with Crippen LogP contribution in [0.15, 0.2) is 35.8 Å². The molecule has 20 heavy (non-hydrogen) atoms. The molecule has 1 aromatic carbocycles. The molecule has 3 rings (SSSR count). The smallest absolute Gasteiger partial charge is 0.160 e. The SMILES string of the molecule is NC(CO)c1ccnc(-c2csc3c(F)cccc23)n1. The second-order valence-electron chi connectivity index (χ2n) is 4.36. The summed E-state index contributed by atoms with van der Waals surface area (Å²) >= 11 is 1.32. The van der Waals surface area contributed by atoms with Crippen molar-refractivity contribution in [2.45, 2.75) is 6.04 Å². The van der Waals surface area contributed by atoms with Crippen LogP contribution >= 0.6 is 11.3 Å². The van der Waals surface area contributed by atoms with Gasteiger partial charge in [0.25, 0.3) is 0 Å². The van der Waals surface area contributed by atoms with Crippen LogP contribution in [-0.4, -0.2) is 21.7 Å². The van der Waals surface area contributed by atoms with E-state index in [1.54, 1.807) is 18.3 Å². The second-order valence-corrected chi connectivity index (χ2v) is 5.24. The lowest BCUT2D eigenvalue weighted by molar-refractivity contribution is 0.266. The van der Waals surface area contributed by atoms with Crippen molar-refractivity contribution in [3.8, 4) is 11.4 Å². The van der Waals surface area contributed by atoms with E-state index in [4.69, 9.17) is 10.8 Å². The number of aliphatic hydroxyl groups is 1. The Labute approximate surface area is 118 Å². The zero-order valence-corrected chi connectivity index (χ0v) is 11.3. The minimum atomic E-state index is -0.543. The van der Waals surface area contributed by atoms with E-state index in [2.05, 4.69) is 9.97 Å². The van der Waals surface area contributed by atoms with Crippen LogP contribution in [0.2, 0.25) is 0 Å². The van der Waals surface area contributed by atoms with Gasteiger partial charge in [-0.15, -0.1) is 11.3 Å². The summed E-state index contributed by atoms with van der Waals surface area (Å²) in [6.07, 6.45) is 1.59. The van der Waals surface area contributed by atoms with E-state index >= 15 is 0 Å². The highest BCUT2D eigenvalue weighted by Crippen LogP contribution is 2.33. The number of fused-ring (bicyclic) bond motifs is 1. The average Bonchev–Trinajstić information content (AvgIpc) is 2.92. The van der Waals surface area contributed by atoms with Crippen molar-refractivity contribution in [1.29, 1.82) is 0 Å². The van der Waals surface area contributed by atoms with Crippen molar-refractivity contribution < 1.29 is 9.50 Å². The molecular formula is C14H12FN3OS. The third-order valence-corrected chi connectivity index (χ3v) is 4.05. The first-order chi connectivity index (χ1) is 9.70. The summed E-state index contributed by atoms with van der Waals surface area (Å²) in [7, 11) is 0. The second kappa shape index (κ2) is 5.24. The number of aliphatic hydroxyl groups excluding tert-OH is 1. The number of rotatable bonds is 3. The number of benzene rings is 1. The number of hydrogen-bond acceptors (Lipinski definition) is 5. The highest BCUT2D eigenvalue weighted by Gasteiger charge is 2.13. The molecule has 0 spiro atoms. The summed E-state index contributed by atoms with van der Waals surface area (Å²) in [5.41, 5.74) is 7.09. The zero-order valence-electron chi connectivity index (χ0n) is 10.5. The third kappa shape index (κ3) is 2.18. The van der Waals surface area contributed by atoms with Crippen molar-refractivity contribution >= 4 is 21.4 Å². The maximum atomic E-state index is 13.7. The van der Waals surface area contributed by atoms with E-state index in [-0.39, 0.29) is 12.4 Å². The van der Waals surface area contributed by atoms with Gasteiger partial charge in [-0.05, 0) is 12.1 Å². The number of aromatic nitrogens is 2. The van der Waals surface area contributed by atoms with Crippen molar-refractivity contribution in [2.24, 2.45) is 5.73 Å². The molecule has 2 heterocycles. The van der Waals surface area contributed by atoms with Crippen LogP contribution in [0.1, 0.15) is 11.7 Å². The van der Waals surface area contributed by atoms with Gasteiger partial charge in [0.2, 0.25) is 0 Å². The van der Waals surface area contributed by atoms with E-state index in [0.717, 1.165) is 10.9 Å². The van der Waals surface area contributed by atoms with Crippen LogP contribution in [0, 0.1) is 5.82 Å². The van der Waals surface area contributed by atoms with E-state index in [0.29, 0.717) is 16.2 Å². The van der Waals surface area contributed by atoms with Crippen LogP contribution in [-0.2, 0) is 0 Å². The van der Waals surface area contributed by atoms with Crippen molar-refractivity contribution in [3.63, 3.8) is 0 Å². The number of nitrogens with two attached hydrogens (primary N) is 1. The van der Waals surface area contributed by atoms with E-state index in [1.165, 1.54) is 17.4 Å². The molecule has 0 bridgehead atoms. The molecule has 0 aliphatic rings. The molecule has 2 aromatic heterocycles. The minimum Gasteiger partial charge on any atom is -0.394 e. The molecule has 3 N–H and O–H groups in total. The Kier molecular flexibility index (Phi) is 3.43. The van der Waals surface area contributed by atoms with E-state index in [9.17, 15) is 4.39 Å². The predicted molar refractivity (Wildman–Crippen MR) is 76.8 cm³/mol. The Morgan fingerprint density at radius 3 is 3.00 bits per heavy atom. The molecule has 3 aromatic rings. The van der Waals surface area contributed by atoms with Crippen LogP contribution in [0.4, 0.5) is 4.39 Å². The molecule has 4 nitrogen and oxygen atoms in total. The van der Waals surface area contributed by atoms with Gasteiger partial charge in [-0.1, -0.05) is 12.1 Å². The molecule has 0 aliphatic heterocycles. The van der Waals surface area contributed by atoms with Crippen molar-refractivity contribution in [1.82, 2.24) is 9.97 Å². The number of hydrogen-bond donors (Lipinski definition) is 2. The summed E-state index contributed by atoms with van der Waals surface area (Å²) in [5, 5.41) is 11.7. The number of nitrogens with zero attached hydrogens (tertiary/aromatic N) is 2. The van der Waals surface area contributed by atoms with Gasteiger partial charge in [0.15, 0.2) is 5.82 Å². The van der Waals surface area contributed by atoms with Gasteiger partial charge in [-0.3, -0.25) is 0 Å². The monoisotopic (exact) mass is 289 g/mol. The van der Waals surface area contributed by atoms with Gasteiger partial charge in [-0.25, -0.2) is 14.4 Å². The minimum absolute atomic E-state index is 0.185. The maximum absolute atomic E-state index is 13.7. The normalized spacial score (nSPS) is 12.8. The fraction of sp³-hybridized carbons (Fsp3) is 0.143. The first kappa shape index (κ1) is 13.1. The summed E-state index contributed by atoms with van der Waals surface area (Å²) in [4.78, 5) is 8.57. The molecule has 0 aliphatic carbocycles. The van der Waals surface area contributed by atoms with Gasteiger partial charge in [0, 0.05) is 22.5 Å². The van der Waals surface area contributed by atoms with Gasteiger partial charge < -0.3 is 10.8 Å². The maximum Gasteiger partial charge on any atom is 0.160 e. The highest BCUT2D eigenvalue weighted by molar-refractivity contribution is 7.17. The summed E-state index contributed by atoms with van der Waals surface area (Å²) in [5.74, 6) is 0.241. The number of thiophene rings is 1. The molecule has 102 valence electrons. The Bertz CT molecular complexity index is 759. The Morgan fingerprint density at radius 1 is 1.35 bits per heavy atom. The highest BCUT2D eigenvalue weighted by atomic mass is 32.1. The molecule has 0 saturated carbocycles. The largest absolute Gasteiger partial charge is 0.394 e. The molecule has 6 heteroatoms.